The SMILES string of the molecule is COC(=O)C(N)Cc1ccc(OC2CCN(C)C2=O)cc1. The summed E-state index contributed by atoms with van der Waals surface area (Å²) in [7, 11) is 3.08. The van der Waals surface area contributed by atoms with Crippen LogP contribution in [0.15, 0.2) is 24.3 Å². The van der Waals surface area contributed by atoms with E-state index in [4.69, 9.17) is 10.5 Å². The number of carbonyl (C=O) groups is 2. The smallest absolute Gasteiger partial charge is 0.322 e. The van der Waals surface area contributed by atoms with Crippen molar-refractivity contribution in [2.24, 2.45) is 5.73 Å². The van der Waals surface area contributed by atoms with Crippen molar-refractivity contribution in [1.29, 1.82) is 0 Å². The number of hydrogen-bond acceptors (Lipinski definition) is 5. The van der Waals surface area contributed by atoms with Crippen molar-refractivity contribution in [3.05, 3.63) is 29.8 Å². The van der Waals surface area contributed by atoms with Gasteiger partial charge in [-0.1, -0.05) is 12.1 Å². The van der Waals surface area contributed by atoms with E-state index in [1.807, 2.05) is 12.1 Å². The van der Waals surface area contributed by atoms with Crippen LogP contribution in [0, 0.1) is 0 Å². The largest absolute Gasteiger partial charge is 0.481 e. The summed E-state index contributed by atoms with van der Waals surface area (Å²) >= 11 is 0. The number of carbonyl (C=O) groups excluding carboxylic acids is 2. The van der Waals surface area contributed by atoms with Gasteiger partial charge in [0.15, 0.2) is 6.10 Å². The first kappa shape index (κ1) is 15.3. The molecule has 1 aliphatic heterocycles. The van der Waals surface area contributed by atoms with Crippen molar-refractivity contribution in [1.82, 2.24) is 4.90 Å². The van der Waals surface area contributed by atoms with Gasteiger partial charge in [0.2, 0.25) is 0 Å². The van der Waals surface area contributed by atoms with E-state index >= 15 is 0 Å². The van der Waals surface area contributed by atoms with Crippen molar-refractivity contribution >= 4 is 11.9 Å². The minimum Gasteiger partial charge on any atom is -0.481 e. The van der Waals surface area contributed by atoms with Crippen molar-refractivity contribution in [2.75, 3.05) is 20.7 Å². The van der Waals surface area contributed by atoms with Gasteiger partial charge in [0.05, 0.1) is 7.11 Å². The molecule has 1 heterocycles. The number of likely N-dealkylation sites (tertiary alicyclic amines) is 1. The number of nitrogens with zero attached hydrogens (tertiary/aromatic N) is 1. The lowest BCUT2D eigenvalue weighted by atomic mass is 10.1. The number of esters is 1. The molecule has 1 aromatic carbocycles. The number of amides is 1. The lowest BCUT2D eigenvalue weighted by Gasteiger charge is -2.14. The van der Waals surface area contributed by atoms with Gasteiger partial charge in [-0.15, -0.1) is 0 Å². The van der Waals surface area contributed by atoms with Crippen LogP contribution in [0.25, 0.3) is 0 Å². The Bertz CT molecular complexity index is 515. The van der Waals surface area contributed by atoms with Crippen LogP contribution in [0.4, 0.5) is 0 Å². The molecular weight excluding hydrogens is 272 g/mol. The Labute approximate surface area is 123 Å². The van der Waals surface area contributed by atoms with E-state index in [1.165, 1.54) is 7.11 Å². The van der Waals surface area contributed by atoms with Gasteiger partial charge in [-0.3, -0.25) is 9.59 Å². The van der Waals surface area contributed by atoms with Crippen LogP contribution in [0.1, 0.15) is 12.0 Å². The molecule has 2 rings (SSSR count). The van der Waals surface area contributed by atoms with E-state index in [0.29, 0.717) is 18.6 Å². The second-order valence-electron chi connectivity index (χ2n) is 5.13. The molecule has 21 heavy (non-hydrogen) atoms. The summed E-state index contributed by atoms with van der Waals surface area (Å²) in [5.74, 6) is 0.209. The Balaban J connectivity index is 1.93. The number of ether oxygens (including phenoxy) is 2. The highest BCUT2D eigenvalue weighted by molar-refractivity contribution is 5.83. The minimum absolute atomic E-state index is 0.00629. The van der Waals surface area contributed by atoms with E-state index in [1.54, 1.807) is 24.1 Å². The third kappa shape index (κ3) is 3.72. The number of rotatable bonds is 5. The highest BCUT2D eigenvalue weighted by atomic mass is 16.5. The van der Waals surface area contributed by atoms with E-state index in [9.17, 15) is 9.59 Å². The second-order valence-corrected chi connectivity index (χ2v) is 5.13. The van der Waals surface area contributed by atoms with Crippen LogP contribution < -0.4 is 10.5 Å². The first-order chi connectivity index (χ1) is 10.0. The molecule has 114 valence electrons. The van der Waals surface area contributed by atoms with Gasteiger partial charge in [0.1, 0.15) is 11.8 Å². The molecule has 1 fully saturated rings. The van der Waals surface area contributed by atoms with Gasteiger partial charge in [-0.25, -0.2) is 0 Å². The fraction of sp³-hybridized carbons (Fsp3) is 0.467. The van der Waals surface area contributed by atoms with Crippen LogP contribution in [-0.2, 0) is 20.7 Å². The van der Waals surface area contributed by atoms with Crippen LogP contribution in [0.5, 0.6) is 5.75 Å². The molecule has 1 aliphatic rings. The predicted molar refractivity (Wildman–Crippen MR) is 76.8 cm³/mol. The molecule has 6 nitrogen and oxygen atoms in total. The number of methoxy groups -OCH3 is 1. The number of nitrogens with two attached hydrogens (primary N) is 1. The molecule has 0 bridgehead atoms. The molecule has 1 saturated heterocycles. The molecule has 0 aliphatic carbocycles. The first-order valence-electron chi connectivity index (χ1n) is 6.85. The zero-order chi connectivity index (χ0) is 15.4. The molecule has 0 spiro atoms. The Hall–Kier alpha value is -2.08. The summed E-state index contributed by atoms with van der Waals surface area (Å²) < 4.78 is 10.3. The summed E-state index contributed by atoms with van der Waals surface area (Å²) in [5, 5.41) is 0. The standard InChI is InChI=1S/C15H20N2O4/c1-17-8-7-13(14(17)18)21-11-5-3-10(4-6-11)9-12(16)15(19)20-2/h3-6,12-13H,7-9,16H2,1-2H3. The normalized spacial score (nSPS) is 19.5. The van der Waals surface area contributed by atoms with Crippen molar-refractivity contribution in [3.63, 3.8) is 0 Å². The second kappa shape index (κ2) is 6.58. The van der Waals surface area contributed by atoms with Gasteiger partial charge in [0, 0.05) is 20.0 Å². The molecule has 2 N–H and O–H groups in total. The zero-order valence-corrected chi connectivity index (χ0v) is 12.2. The third-order valence-corrected chi connectivity index (χ3v) is 3.54. The first-order valence-corrected chi connectivity index (χ1v) is 6.85. The van der Waals surface area contributed by atoms with Gasteiger partial charge >= 0.3 is 5.97 Å². The van der Waals surface area contributed by atoms with Crippen molar-refractivity contribution in [2.45, 2.75) is 25.0 Å². The lowest BCUT2D eigenvalue weighted by molar-refractivity contribution is -0.142. The average molecular weight is 292 g/mol. The maximum Gasteiger partial charge on any atom is 0.322 e. The van der Waals surface area contributed by atoms with Crippen molar-refractivity contribution in [3.8, 4) is 5.75 Å². The molecule has 2 unspecified atom stereocenters. The van der Waals surface area contributed by atoms with Gasteiger partial charge in [-0.05, 0) is 24.1 Å². The number of benzene rings is 1. The maximum atomic E-state index is 11.8. The summed E-state index contributed by atoms with van der Waals surface area (Å²) in [6.45, 7) is 0.718. The van der Waals surface area contributed by atoms with Gasteiger partial charge in [-0.2, -0.15) is 0 Å². The van der Waals surface area contributed by atoms with Gasteiger partial charge in [0.25, 0.3) is 5.91 Å². The third-order valence-electron chi connectivity index (χ3n) is 3.54. The van der Waals surface area contributed by atoms with Crippen LogP contribution in [-0.4, -0.2) is 49.6 Å². The Morgan fingerprint density at radius 2 is 2.10 bits per heavy atom. The molecule has 0 radical (unpaired) electrons. The topological polar surface area (TPSA) is 81.9 Å². The minimum atomic E-state index is -0.674. The summed E-state index contributed by atoms with van der Waals surface area (Å²) in [4.78, 5) is 24.7. The molecule has 0 aromatic heterocycles. The van der Waals surface area contributed by atoms with Crippen LogP contribution >= 0.6 is 0 Å². The van der Waals surface area contributed by atoms with Gasteiger partial charge < -0.3 is 20.1 Å². The molecule has 1 aromatic rings. The predicted octanol–water partition coefficient (Wildman–Crippen LogP) is 0.339. The van der Waals surface area contributed by atoms with E-state index < -0.39 is 18.1 Å². The Kier molecular flexibility index (Phi) is 4.80. The highest BCUT2D eigenvalue weighted by Crippen LogP contribution is 2.19. The van der Waals surface area contributed by atoms with E-state index in [0.717, 1.165) is 12.1 Å². The average Bonchev–Trinajstić information content (AvgIpc) is 2.80. The molecule has 2 atom stereocenters. The Morgan fingerprint density at radius 3 is 2.62 bits per heavy atom. The highest BCUT2D eigenvalue weighted by Gasteiger charge is 2.30. The summed E-state index contributed by atoms with van der Waals surface area (Å²) in [5.41, 5.74) is 6.62. The summed E-state index contributed by atoms with van der Waals surface area (Å²) in [6.07, 6.45) is 0.695. The van der Waals surface area contributed by atoms with E-state index in [-0.39, 0.29) is 5.91 Å². The monoisotopic (exact) mass is 292 g/mol. The fourth-order valence-electron chi connectivity index (χ4n) is 2.26. The van der Waals surface area contributed by atoms with Crippen LogP contribution in [0.3, 0.4) is 0 Å². The maximum absolute atomic E-state index is 11.8. The zero-order valence-electron chi connectivity index (χ0n) is 12.2. The van der Waals surface area contributed by atoms with Crippen molar-refractivity contribution < 1.29 is 19.1 Å². The summed E-state index contributed by atoms with van der Waals surface area (Å²) in [6, 6.07) is 6.56. The molecule has 6 heteroatoms. The molecule has 0 saturated carbocycles. The number of likely N-dealkylation sites (N-methyl/N-ethyl adjacent to an activating group) is 1. The van der Waals surface area contributed by atoms with Crippen LogP contribution in [0.2, 0.25) is 0 Å². The molecule has 1 amide bonds. The number of hydrogen-bond donors (Lipinski definition) is 1. The van der Waals surface area contributed by atoms with E-state index in [2.05, 4.69) is 4.74 Å². The fourth-order valence-corrected chi connectivity index (χ4v) is 2.26. The lowest BCUT2D eigenvalue weighted by Crippen LogP contribution is -2.33. The molecular formula is C15H20N2O4. The quantitative estimate of drug-likeness (QED) is 0.791. The Morgan fingerprint density at radius 1 is 1.43 bits per heavy atom.